The third-order valence-electron chi connectivity index (χ3n) is 5.64. The molecule has 2 aromatic rings. The van der Waals surface area contributed by atoms with E-state index in [1.807, 2.05) is 19.1 Å². The number of hydrogen-bond acceptors (Lipinski definition) is 4. The average molecular weight is 450 g/mol. The van der Waals surface area contributed by atoms with Gasteiger partial charge in [-0.3, -0.25) is 9.69 Å². The summed E-state index contributed by atoms with van der Waals surface area (Å²) in [7, 11) is 0. The molecule has 0 bridgehead atoms. The van der Waals surface area contributed by atoms with Crippen molar-refractivity contribution in [2.45, 2.75) is 46.6 Å². The molecule has 0 saturated heterocycles. The first-order valence-corrected chi connectivity index (χ1v) is 11.3. The van der Waals surface area contributed by atoms with Gasteiger partial charge in [-0.15, -0.1) is 0 Å². The SMILES string of the molecule is CCCCN1C(=O)NC(c2ccc(NC(=O)c3ccc(C)cc3)cc2)C(C(=O)OCC)=C1C. The van der Waals surface area contributed by atoms with Crippen LogP contribution in [-0.4, -0.2) is 36.0 Å². The summed E-state index contributed by atoms with van der Waals surface area (Å²) >= 11 is 0. The molecule has 2 aromatic carbocycles. The fourth-order valence-electron chi connectivity index (χ4n) is 3.76. The molecule has 3 amide bonds. The zero-order valence-electron chi connectivity index (χ0n) is 19.6. The van der Waals surface area contributed by atoms with Gasteiger partial charge in [-0.05, 0) is 57.0 Å². The van der Waals surface area contributed by atoms with Crippen LogP contribution in [0.3, 0.4) is 0 Å². The van der Waals surface area contributed by atoms with Crippen LogP contribution >= 0.6 is 0 Å². The molecule has 1 aliphatic rings. The molecule has 0 saturated carbocycles. The summed E-state index contributed by atoms with van der Waals surface area (Å²) in [5.74, 6) is -0.651. The number of amides is 3. The Morgan fingerprint density at radius 3 is 2.30 bits per heavy atom. The van der Waals surface area contributed by atoms with Crippen LogP contribution in [0.4, 0.5) is 10.5 Å². The van der Waals surface area contributed by atoms with Crippen molar-refractivity contribution in [2.75, 3.05) is 18.5 Å². The van der Waals surface area contributed by atoms with Gasteiger partial charge >= 0.3 is 12.0 Å². The van der Waals surface area contributed by atoms with E-state index in [0.29, 0.717) is 29.1 Å². The number of esters is 1. The maximum absolute atomic E-state index is 12.8. The van der Waals surface area contributed by atoms with Crippen molar-refractivity contribution in [2.24, 2.45) is 0 Å². The van der Waals surface area contributed by atoms with Crippen LogP contribution in [0.25, 0.3) is 0 Å². The lowest BCUT2D eigenvalue weighted by molar-refractivity contribution is -0.139. The van der Waals surface area contributed by atoms with Crippen molar-refractivity contribution in [3.8, 4) is 0 Å². The van der Waals surface area contributed by atoms with Crippen molar-refractivity contribution in [3.05, 3.63) is 76.5 Å². The van der Waals surface area contributed by atoms with Gasteiger partial charge < -0.3 is 15.4 Å². The van der Waals surface area contributed by atoms with Crippen molar-refractivity contribution in [1.82, 2.24) is 10.2 Å². The summed E-state index contributed by atoms with van der Waals surface area (Å²) in [6.45, 7) is 8.33. The molecule has 1 aliphatic heterocycles. The second-order valence-electron chi connectivity index (χ2n) is 8.05. The zero-order chi connectivity index (χ0) is 24.0. The van der Waals surface area contributed by atoms with Gasteiger partial charge in [-0.2, -0.15) is 0 Å². The number of allylic oxidation sites excluding steroid dienone is 1. The normalized spacial score (nSPS) is 15.8. The highest BCUT2D eigenvalue weighted by atomic mass is 16.5. The maximum Gasteiger partial charge on any atom is 0.338 e. The number of unbranched alkanes of at least 4 members (excludes halogenated alkanes) is 1. The summed E-state index contributed by atoms with van der Waals surface area (Å²) in [6, 6.07) is 13.6. The van der Waals surface area contributed by atoms with Gasteiger partial charge in [0.05, 0.1) is 18.2 Å². The number of carbonyl (C=O) groups excluding carboxylic acids is 3. The molecule has 7 nitrogen and oxygen atoms in total. The molecule has 7 heteroatoms. The molecule has 0 fully saturated rings. The van der Waals surface area contributed by atoms with Gasteiger partial charge in [-0.25, -0.2) is 9.59 Å². The van der Waals surface area contributed by atoms with E-state index < -0.39 is 12.0 Å². The third kappa shape index (κ3) is 5.61. The Hall–Kier alpha value is -3.61. The first kappa shape index (κ1) is 24.0. The maximum atomic E-state index is 12.8. The average Bonchev–Trinajstić information content (AvgIpc) is 2.79. The summed E-state index contributed by atoms with van der Waals surface area (Å²) < 4.78 is 5.29. The van der Waals surface area contributed by atoms with Gasteiger partial charge in [0.25, 0.3) is 5.91 Å². The van der Waals surface area contributed by atoms with Crippen LogP contribution in [0.5, 0.6) is 0 Å². The Kier molecular flexibility index (Phi) is 7.87. The minimum atomic E-state index is -0.628. The number of aryl methyl sites for hydroxylation is 1. The number of ether oxygens (including phenoxy) is 1. The molecule has 1 atom stereocenters. The van der Waals surface area contributed by atoms with Crippen molar-refractivity contribution in [3.63, 3.8) is 0 Å². The quantitative estimate of drug-likeness (QED) is 0.558. The summed E-state index contributed by atoms with van der Waals surface area (Å²) in [6.07, 6.45) is 1.77. The van der Waals surface area contributed by atoms with Crippen LogP contribution in [0, 0.1) is 6.92 Å². The van der Waals surface area contributed by atoms with Gasteiger partial charge in [-0.1, -0.05) is 43.2 Å². The molecule has 0 aliphatic carbocycles. The predicted molar refractivity (Wildman–Crippen MR) is 128 cm³/mol. The largest absolute Gasteiger partial charge is 0.463 e. The third-order valence-corrected chi connectivity index (χ3v) is 5.64. The van der Waals surface area contributed by atoms with Crippen LogP contribution in [0.15, 0.2) is 59.8 Å². The number of nitrogens with one attached hydrogen (secondary N) is 2. The van der Waals surface area contributed by atoms with E-state index in [4.69, 9.17) is 4.74 Å². The van der Waals surface area contributed by atoms with Crippen LogP contribution in [0.2, 0.25) is 0 Å². The number of hydrogen-bond donors (Lipinski definition) is 2. The minimum absolute atomic E-state index is 0.205. The number of anilines is 1. The highest BCUT2D eigenvalue weighted by Gasteiger charge is 2.36. The van der Waals surface area contributed by atoms with Crippen LogP contribution in [0.1, 0.15) is 61.1 Å². The summed E-state index contributed by atoms with van der Waals surface area (Å²) in [5, 5.41) is 5.82. The standard InChI is InChI=1S/C26H31N3O4/c1-5-7-16-29-18(4)22(25(31)33-6-2)23(28-26(29)32)19-12-14-21(15-13-19)27-24(30)20-10-8-17(3)9-11-20/h8-15,23H,5-7,16H2,1-4H3,(H,27,30)(H,28,32). The van der Waals surface area contributed by atoms with E-state index in [1.165, 1.54) is 0 Å². The molecule has 0 spiro atoms. The fourth-order valence-corrected chi connectivity index (χ4v) is 3.76. The van der Waals surface area contributed by atoms with Crippen LogP contribution in [-0.2, 0) is 9.53 Å². The van der Waals surface area contributed by atoms with E-state index in [-0.39, 0.29) is 18.5 Å². The van der Waals surface area contributed by atoms with Crippen molar-refractivity contribution in [1.29, 1.82) is 0 Å². The Morgan fingerprint density at radius 1 is 1.03 bits per heavy atom. The molecule has 0 radical (unpaired) electrons. The van der Waals surface area contributed by atoms with Crippen molar-refractivity contribution < 1.29 is 19.1 Å². The second kappa shape index (κ2) is 10.8. The lowest BCUT2D eigenvalue weighted by Gasteiger charge is -2.35. The minimum Gasteiger partial charge on any atom is -0.463 e. The van der Waals surface area contributed by atoms with Crippen LogP contribution < -0.4 is 10.6 Å². The topological polar surface area (TPSA) is 87.7 Å². The number of rotatable bonds is 8. The first-order chi connectivity index (χ1) is 15.8. The second-order valence-corrected chi connectivity index (χ2v) is 8.05. The van der Waals surface area contributed by atoms with Crippen molar-refractivity contribution >= 4 is 23.6 Å². The first-order valence-electron chi connectivity index (χ1n) is 11.3. The number of benzene rings is 2. The van der Waals surface area contributed by atoms with Gasteiger partial charge in [0.1, 0.15) is 0 Å². The number of nitrogens with zero attached hydrogens (tertiary/aromatic N) is 1. The van der Waals surface area contributed by atoms with Gasteiger partial charge in [0, 0.05) is 23.5 Å². The van der Waals surface area contributed by atoms with E-state index in [0.717, 1.165) is 24.0 Å². The van der Waals surface area contributed by atoms with Gasteiger partial charge in [0.2, 0.25) is 0 Å². The molecule has 174 valence electrons. The highest BCUT2D eigenvalue weighted by Crippen LogP contribution is 2.32. The Bertz CT molecular complexity index is 1040. The van der Waals surface area contributed by atoms with E-state index in [9.17, 15) is 14.4 Å². The Balaban J connectivity index is 1.84. The molecule has 1 heterocycles. The predicted octanol–water partition coefficient (Wildman–Crippen LogP) is 4.95. The number of carbonyl (C=O) groups is 3. The molecule has 33 heavy (non-hydrogen) atoms. The fraction of sp³-hybridized carbons (Fsp3) is 0.346. The Labute approximate surface area is 194 Å². The molecular weight excluding hydrogens is 418 g/mol. The smallest absolute Gasteiger partial charge is 0.338 e. The highest BCUT2D eigenvalue weighted by molar-refractivity contribution is 6.04. The molecule has 2 N–H and O–H groups in total. The van der Waals surface area contributed by atoms with E-state index in [1.54, 1.807) is 55.1 Å². The summed E-state index contributed by atoms with van der Waals surface area (Å²) in [4.78, 5) is 39.7. The molecule has 3 rings (SSSR count). The monoisotopic (exact) mass is 449 g/mol. The van der Waals surface area contributed by atoms with Gasteiger partial charge in [0.15, 0.2) is 0 Å². The lowest BCUT2D eigenvalue weighted by atomic mass is 9.94. The molecule has 1 unspecified atom stereocenters. The Morgan fingerprint density at radius 2 is 1.70 bits per heavy atom. The number of urea groups is 1. The molecule has 0 aromatic heterocycles. The zero-order valence-corrected chi connectivity index (χ0v) is 19.6. The molecular formula is C26H31N3O4. The van der Waals surface area contributed by atoms with E-state index in [2.05, 4.69) is 17.6 Å². The lowest BCUT2D eigenvalue weighted by Crippen LogP contribution is -2.48. The van der Waals surface area contributed by atoms with E-state index >= 15 is 0 Å². The summed E-state index contributed by atoms with van der Waals surface area (Å²) in [5.41, 5.74) is 4.03.